The molecule has 0 aromatic carbocycles. The van der Waals surface area contributed by atoms with Gasteiger partial charge < -0.3 is 5.32 Å². The average Bonchev–Trinajstić information content (AvgIpc) is 2.95. The van der Waals surface area contributed by atoms with Crippen molar-refractivity contribution < 1.29 is 0 Å². The summed E-state index contributed by atoms with van der Waals surface area (Å²) in [5.41, 5.74) is 3.90. The third-order valence-electron chi connectivity index (χ3n) is 12.5. The second-order valence-corrected chi connectivity index (χ2v) is 14.1. The Kier molecular flexibility index (Phi) is 8.07. The molecule has 3 fully saturated rings. The number of nitrogens with one attached hydrogen (secondary N) is 1. The molecule has 1 heterocycles. The van der Waals surface area contributed by atoms with Crippen LogP contribution in [0.5, 0.6) is 0 Å². The van der Waals surface area contributed by atoms with Gasteiger partial charge in [-0.15, -0.1) is 6.58 Å². The minimum Gasteiger partial charge on any atom is -0.388 e. The Bertz CT molecular complexity index is 892. The molecule has 0 aromatic heterocycles. The molecule has 6 rings (SSSR count). The number of rotatable bonds is 6. The van der Waals surface area contributed by atoms with Gasteiger partial charge in [-0.25, -0.2) is 0 Å². The van der Waals surface area contributed by atoms with Gasteiger partial charge in [0, 0.05) is 6.04 Å². The molecule has 37 heavy (non-hydrogen) atoms. The molecule has 1 N–H and O–H groups in total. The molecule has 1 aliphatic heterocycles. The van der Waals surface area contributed by atoms with Crippen LogP contribution < -0.4 is 5.32 Å². The van der Waals surface area contributed by atoms with Crippen LogP contribution in [0, 0.1) is 59.2 Å². The third-order valence-corrected chi connectivity index (χ3v) is 12.5. The molecule has 0 radical (unpaired) electrons. The fourth-order valence-corrected chi connectivity index (χ4v) is 10.9. The zero-order valence-corrected chi connectivity index (χ0v) is 24.1. The van der Waals surface area contributed by atoms with Crippen molar-refractivity contribution in [1.82, 2.24) is 5.32 Å². The molecule has 0 spiro atoms. The van der Waals surface area contributed by atoms with Crippen molar-refractivity contribution in [2.45, 2.75) is 116 Å². The highest BCUT2D eigenvalue weighted by Gasteiger charge is 2.53. The van der Waals surface area contributed by atoms with E-state index in [0.717, 1.165) is 59.2 Å². The topological polar surface area (TPSA) is 12.0 Å². The lowest BCUT2D eigenvalue weighted by Crippen LogP contribution is -2.50. The smallest absolute Gasteiger partial charge is 0.0318 e. The second kappa shape index (κ2) is 11.5. The maximum Gasteiger partial charge on any atom is 0.0318 e. The minimum absolute atomic E-state index is 0.689. The molecule has 204 valence electrons. The summed E-state index contributed by atoms with van der Waals surface area (Å²) in [6.45, 7) is 9.43. The van der Waals surface area contributed by atoms with Gasteiger partial charge in [0.2, 0.25) is 0 Å². The summed E-state index contributed by atoms with van der Waals surface area (Å²) in [6, 6.07) is 0.689. The average molecular weight is 502 g/mol. The fraction of sp³-hybridized carbons (Fsp3) is 0.778. The second-order valence-electron chi connectivity index (χ2n) is 14.1. The van der Waals surface area contributed by atoms with Gasteiger partial charge in [-0.1, -0.05) is 68.6 Å². The quantitative estimate of drug-likeness (QED) is 0.357. The van der Waals surface area contributed by atoms with Crippen LogP contribution in [0.1, 0.15) is 110 Å². The Hall–Kier alpha value is -1.24. The standard InChI is InChI=1S/C36H55N/c1-4-12-30-28(5-2)35-33-19-9-6-16-29(33)27(23-34(35)32-18-8-7-17-31(30)32)14-10-13-25-20-21-26-15-11-22-37-36(26)24(25)3/h5,10-11,13,22,24-28,30-32,34-37H,2,4,6-9,12,14-21,23H2,1,3H3/b13-10-. The summed E-state index contributed by atoms with van der Waals surface area (Å²) < 4.78 is 0. The lowest BCUT2D eigenvalue weighted by molar-refractivity contribution is -0.0323. The summed E-state index contributed by atoms with van der Waals surface area (Å²) in [4.78, 5) is 0. The van der Waals surface area contributed by atoms with E-state index in [1.54, 1.807) is 0 Å². The van der Waals surface area contributed by atoms with E-state index in [0.29, 0.717) is 6.04 Å². The van der Waals surface area contributed by atoms with Crippen LogP contribution in [-0.2, 0) is 0 Å². The number of hydrogen-bond donors (Lipinski definition) is 1. The molecule has 6 aliphatic rings. The Morgan fingerprint density at radius 2 is 1.78 bits per heavy atom. The minimum atomic E-state index is 0.689. The molecule has 3 saturated carbocycles. The Morgan fingerprint density at radius 1 is 0.973 bits per heavy atom. The van der Waals surface area contributed by atoms with Crippen LogP contribution in [0.4, 0.5) is 0 Å². The number of allylic oxidation sites excluding steroid dienone is 6. The fourth-order valence-electron chi connectivity index (χ4n) is 10.9. The summed E-state index contributed by atoms with van der Waals surface area (Å²) >= 11 is 0. The lowest BCUT2D eigenvalue weighted by atomic mass is 9.47. The predicted molar refractivity (Wildman–Crippen MR) is 158 cm³/mol. The Balaban J connectivity index is 1.24. The highest BCUT2D eigenvalue weighted by Crippen LogP contribution is 2.61. The molecular weight excluding hydrogens is 446 g/mol. The monoisotopic (exact) mass is 501 g/mol. The molecule has 1 nitrogen and oxygen atoms in total. The van der Waals surface area contributed by atoms with Crippen LogP contribution >= 0.6 is 0 Å². The van der Waals surface area contributed by atoms with Gasteiger partial charge in [0.05, 0.1) is 0 Å². The van der Waals surface area contributed by atoms with Gasteiger partial charge >= 0.3 is 0 Å². The van der Waals surface area contributed by atoms with Crippen molar-refractivity contribution >= 4 is 0 Å². The van der Waals surface area contributed by atoms with Gasteiger partial charge in [-0.3, -0.25) is 0 Å². The van der Waals surface area contributed by atoms with Crippen molar-refractivity contribution in [2.75, 3.05) is 0 Å². The number of hydrogen-bond acceptors (Lipinski definition) is 1. The van der Waals surface area contributed by atoms with E-state index in [9.17, 15) is 0 Å². The van der Waals surface area contributed by atoms with Gasteiger partial charge in [0.15, 0.2) is 0 Å². The summed E-state index contributed by atoms with van der Waals surface area (Å²) in [7, 11) is 0. The van der Waals surface area contributed by atoms with Crippen molar-refractivity contribution in [1.29, 1.82) is 0 Å². The van der Waals surface area contributed by atoms with Crippen molar-refractivity contribution in [2.24, 2.45) is 59.2 Å². The van der Waals surface area contributed by atoms with Crippen molar-refractivity contribution in [3.8, 4) is 0 Å². The predicted octanol–water partition coefficient (Wildman–Crippen LogP) is 9.63. The van der Waals surface area contributed by atoms with Crippen LogP contribution in [0.3, 0.4) is 0 Å². The van der Waals surface area contributed by atoms with E-state index < -0.39 is 0 Å². The van der Waals surface area contributed by atoms with E-state index in [4.69, 9.17) is 0 Å². The molecule has 0 saturated heterocycles. The molecule has 11 unspecified atom stereocenters. The summed E-state index contributed by atoms with van der Waals surface area (Å²) in [5, 5.41) is 3.73. The highest BCUT2D eigenvalue weighted by atomic mass is 14.9. The number of fused-ring (bicyclic) bond motifs is 5. The van der Waals surface area contributed by atoms with Crippen LogP contribution in [0.25, 0.3) is 0 Å². The molecule has 11 atom stereocenters. The zero-order valence-electron chi connectivity index (χ0n) is 24.1. The Labute approximate surface area is 228 Å². The van der Waals surface area contributed by atoms with E-state index in [1.165, 1.54) is 96.3 Å². The molecule has 1 heteroatoms. The Morgan fingerprint density at radius 3 is 2.59 bits per heavy atom. The van der Waals surface area contributed by atoms with E-state index >= 15 is 0 Å². The van der Waals surface area contributed by atoms with Crippen LogP contribution in [0.2, 0.25) is 0 Å². The third kappa shape index (κ3) is 4.84. The lowest BCUT2D eigenvalue weighted by Gasteiger charge is -2.58. The zero-order chi connectivity index (χ0) is 25.4. The van der Waals surface area contributed by atoms with E-state index in [1.807, 2.05) is 11.1 Å². The van der Waals surface area contributed by atoms with Gasteiger partial charge in [0.25, 0.3) is 0 Å². The first-order valence-electron chi connectivity index (χ1n) is 16.6. The first-order valence-corrected chi connectivity index (χ1v) is 16.6. The van der Waals surface area contributed by atoms with Crippen LogP contribution in [0.15, 0.2) is 48.2 Å². The van der Waals surface area contributed by atoms with E-state index in [2.05, 4.69) is 56.2 Å². The SMILES string of the molecule is C=CC1C(CCC)C2CCCCC2C2CC(C/C=C\C3CCC4CC=CNC4C3C)C3=C(CCCC3)C12. The maximum atomic E-state index is 4.50. The summed E-state index contributed by atoms with van der Waals surface area (Å²) in [5.74, 6) is 8.60. The molecule has 0 amide bonds. The van der Waals surface area contributed by atoms with E-state index in [-0.39, 0.29) is 0 Å². The molecule has 0 aromatic rings. The van der Waals surface area contributed by atoms with Crippen molar-refractivity contribution in [3.05, 3.63) is 48.2 Å². The molecular formula is C36H55N. The van der Waals surface area contributed by atoms with Gasteiger partial charge in [-0.05, 0) is 142 Å². The first-order chi connectivity index (χ1) is 18.2. The maximum absolute atomic E-state index is 4.50. The molecule has 0 bridgehead atoms. The largest absolute Gasteiger partial charge is 0.388 e. The van der Waals surface area contributed by atoms with Crippen LogP contribution in [-0.4, -0.2) is 6.04 Å². The summed E-state index contributed by atoms with van der Waals surface area (Å²) in [6.07, 6.45) is 33.7. The van der Waals surface area contributed by atoms with Crippen molar-refractivity contribution in [3.63, 3.8) is 0 Å². The van der Waals surface area contributed by atoms with Gasteiger partial charge in [-0.2, -0.15) is 0 Å². The normalized spacial score (nSPS) is 45.4. The van der Waals surface area contributed by atoms with Gasteiger partial charge in [0.1, 0.15) is 0 Å². The highest BCUT2D eigenvalue weighted by molar-refractivity contribution is 5.30. The first kappa shape index (κ1) is 26.0. The molecule has 5 aliphatic carbocycles.